The van der Waals surface area contributed by atoms with Gasteiger partial charge in [0.05, 0.1) is 25.0 Å². The lowest BCUT2D eigenvalue weighted by Gasteiger charge is -2.14. The second kappa shape index (κ2) is 8.07. The first-order valence-electron chi connectivity index (χ1n) is 5.43. The van der Waals surface area contributed by atoms with E-state index in [-0.39, 0.29) is 30.7 Å². The van der Waals surface area contributed by atoms with Gasteiger partial charge in [0.2, 0.25) is 5.91 Å². The number of hydrogen-bond acceptors (Lipinski definition) is 4. The number of carbonyl (C=O) groups excluding carboxylic acids is 1. The zero-order valence-corrected chi connectivity index (χ0v) is 10.9. The van der Waals surface area contributed by atoms with Gasteiger partial charge in [-0.15, -0.1) is 11.8 Å². The molecule has 0 spiro atoms. The van der Waals surface area contributed by atoms with Crippen LogP contribution in [0.4, 0.5) is 4.39 Å². The van der Waals surface area contributed by atoms with E-state index >= 15 is 0 Å². The summed E-state index contributed by atoms with van der Waals surface area (Å²) >= 11 is 1.31. The van der Waals surface area contributed by atoms with Crippen LogP contribution in [0.2, 0.25) is 0 Å². The quantitative estimate of drug-likeness (QED) is 0.729. The van der Waals surface area contributed by atoms with Gasteiger partial charge in [-0.1, -0.05) is 0 Å². The normalized spacial score (nSPS) is 12.2. The third-order valence-corrected chi connectivity index (χ3v) is 3.15. The molecule has 0 saturated carbocycles. The van der Waals surface area contributed by atoms with Gasteiger partial charge in [-0.3, -0.25) is 4.79 Å². The highest BCUT2D eigenvalue weighted by Gasteiger charge is 2.11. The molecule has 1 rings (SSSR count). The van der Waals surface area contributed by atoms with Crippen molar-refractivity contribution < 1.29 is 19.0 Å². The summed E-state index contributed by atoms with van der Waals surface area (Å²) in [7, 11) is 1.50. The number of methoxy groups -OCH3 is 1. The Hall–Kier alpha value is -1.11. The van der Waals surface area contributed by atoms with Crippen LogP contribution >= 0.6 is 11.8 Å². The van der Waals surface area contributed by atoms with Crippen molar-refractivity contribution in [1.82, 2.24) is 5.32 Å². The highest BCUT2D eigenvalue weighted by Crippen LogP contribution is 2.17. The Balaban J connectivity index is 2.34. The van der Waals surface area contributed by atoms with E-state index in [2.05, 4.69) is 5.32 Å². The number of rotatable bonds is 7. The van der Waals surface area contributed by atoms with Crippen molar-refractivity contribution in [3.8, 4) is 0 Å². The van der Waals surface area contributed by atoms with E-state index < -0.39 is 6.04 Å². The van der Waals surface area contributed by atoms with E-state index in [1.807, 2.05) is 0 Å². The maximum atomic E-state index is 12.7. The minimum absolute atomic E-state index is 0.166. The molecule has 0 bridgehead atoms. The molecule has 1 aromatic rings. The van der Waals surface area contributed by atoms with Crippen LogP contribution in [-0.2, 0) is 9.53 Å². The van der Waals surface area contributed by atoms with Gasteiger partial charge in [0.1, 0.15) is 5.82 Å². The van der Waals surface area contributed by atoms with Crippen LogP contribution in [0.25, 0.3) is 0 Å². The third kappa shape index (κ3) is 5.48. The number of aliphatic hydroxyl groups excluding tert-OH is 1. The molecule has 4 nitrogen and oxygen atoms in total. The number of carbonyl (C=O) groups is 1. The summed E-state index contributed by atoms with van der Waals surface area (Å²) in [6.07, 6.45) is 0. The maximum Gasteiger partial charge on any atom is 0.230 e. The first-order chi connectivity index (χ1) is 8.65. The fourth-order valence-corrected chi connectivity index (χ4v) is 2.00. The number of amides is 1. The van der Waals surface area contributed by atoms with Crippen molar-refractivity contribution in [3.05, 3.63) is 30.1 Å². The molecular weight excluding hydrogens is 257 g/mol. The molecule has 0 radical (unpaired) electrons. The molecule has 0 aliphatic carbocycles. The highest BCUT2D eigenvalue weighted by atomic mass is 32.2. The second-order valence-corrected chi connectivity index (χ2v) is 4.69. The lowest BCUT2D eigenvalue weighted by Crippen LogP contribution is -2.41. The first kappa shape index (κ1) is 14.9. The molecule has 0 aliphatic heterocycles. The Kier molecular flexibility index (Phi) is 6.70. The summed E-state index contributed by atoms with van der Waals surface area (Å²) in [4.78, 5) is 12.4. The van der Waals surface area contributed by atoms with Crippen molar-refractivity contribution >= 4 is 17.7 Å². The van der Waals surface area contributed by atoms with Crippen molar-refractivity contribution in [3.63, 3.8) is 0 Å². The van der Waals surface area contributed by atoms with Crippen molar-refractivity contribution in [2.45, 2.75) is 10.9 Å². The number of thioether (sulfide) groups is 1. The summed E-state index contributed by atoms with van der Waals surface area (Å²) in [6.45, 7) is 0.101. The second-order valence-electron chi connectivity index (χ2n) is 3.64. The van der Waals surface area contributed by atoms with Gasteiger partial charge in [-0.05, 0) is 24.3 Å². The van der Waals surface area contributed by atoms with Gasteiger partial charge < -0.3 is 15.2 Å². The highest BCUT2D eigenvalue weighted by molar-refractivity contribution is 8.00. The third-order valence-electron chi connectivity index (χ3n) is 2.14. The monoisotopic (exact) mass is 273 g/mol. The molecule has 6 heteroatoms. The largest absolute Gasteiger partial charge is 0.394 e. The Morgan fingerprint density at radius 3 is 2.72 bits per heavy atom. The Morgan fingerprint density at radius 1 is 1.50 bits per heavy atom. The minimum Gasteiger partial charge on any atom is -0.394 e. The molecule has 100 valence electrons. The molecule has 1 aromatic carbocycles. The minimum atomic E-state index is -0.392. The average molecular weight is 273 g/mol. The van der Waals surface area contributed by atoms with Crippen molar-refractivity contribution in [1.29, 1.82) is 0 Å². The number of aliphatic hydroxyl groups is 1. The van der Waals surface area contributed by atoms with Crippen molar-refractivity contribution in [2.75, 3.05) is 26.1 Å². The number of ether oxygens (including phenoxy) is 1. The van der Waals surface area contributed by atoms with Crippen molar-refractivity contribution in [2.24, 2.45) is 0 Å². The van der Waals surface area contributed by atoms with Crippen LogP contribution in [-0.4, -0.2) is 43.1 Å². The van der Waals surface area contributed by atoms with Crippen LogP contribution in [0, 0.1) is 5.82 Å². The van der Waals surface area contributed by atoms with E-state index in [4.69, 9.17) is 9.84 Å². The van der Waals surface area contributed by atoms with Gasteiger partial charge in [0, 0.05) is 12.0 Å². The first-order valence-corrected chi connectivity index (χ1v) is 6.41. The molecule has 18 heavy (non-hydrogen) atoms. The predicted octanol–water partition coefficient (Wildman–Crippen LogP) is 1.04. The molecule has 0 saturated heterocycles. The molecule has 0 aliphatic rings. The Morgan fingerprint density at radius 2 is 2.17 bits per heavy atom. The van der Waals surface area contributed by atoms with E-state index in [0.717, 1.165) is 4.90 Å². The van der Waals surface area contributed by atoms with Gasteiger partial charge in [0.15, 0.2) is 0 Å². The van der Waals surface area contributed by atoms with Gasteiger partial charge >= 0.3 is 0 Å². The number of nitrogens with one attached hydrogen (secondary N) is 1. The topological polar surface area (TPSA) is 58.6 Å². The average Bonchev–Trinajstić information content (AvgIpc) is 2.37. The summed E-state index contributed by atoms with van der Waals surface area (Å²) in [5.74, 6) is -0.282. The zero-order valence-electron chi connectivity index (χ0n) is 10.1. The molecule has 1 unspecified atom stereocenters. The standard InChI is InChI=1S/C12H16FNO3S/c1-17-7-10(6-15)14-12(16)8-18-11-4-2-9(13)3-5-11/h2-5,10,15H,6-8H2,1H3,(H,14,16). The van der Waals surface area contributed by atoms with Crippen LogP contribution in [0.15, 0.2) is 29.2 Å². The zero-order chi connectivity index (χ0) is 13.4. The number of benzene rings is 1. The van der Waals surface area contributed by atoms with E-state index in [9.17, 15) is 9.18 Å². The number of hydrogen-bond donors (Lipinski definition) is 2. The van der Waals surface area contributed by atoms with E-state index in [1.54, 1.807) is 12.1 Å². The predicted molar refractivity (Wildman–Crippen MR) is 68.0 cm³/mol. The summed E-state index contributed by atoms with van der Waals surface area (Å²) < 4.78 is 17.5. The van der Waals surface area contributed by atoms with Crippen LogP contribution in [0.5, 0.6) is 0 Å². The molecule has 1 amide bonds. The SMILES string of the molecule is COCC(CO)NC(=O)CSc1ccc(F)cc1. The van der Waals surface area contributed by atoms with Crippen LogP contribution in [0.3, 0.4) is 0 Å². The number of halogens is 1. The summed E-state index contributed by atoms with van der Waals surface area (Å²) in [6, 6.07) is 5.54. The molecule has 2 N–H and O–H groups in total. The Labute approximate surface area is 110 Å². The molecule has 0 heterocycles. The van der Waals surface area contributed by atoms with E-state index in [1.165, 1.54) is 31.0 Å². The van der Waals surface area contributed by atoms with Gasteiger partial charge in [-0.2, -0.15) is 0 Å². The maximum absolute atomic E-state index is 12.7. The fourth-order valence-electron chi connectivity index (χ4n) is 1.29. The Bertz CT molecular complexity index is 372. The molecule has 1 atom stereocenters. The van der Waals surface area contributed by atoms with Crippen LogP contribution in [0.1, 0.15) is 0 Å². The van der Waals surface area contributed by atoms with Crippen LogP contribution < -0.4 is 5.32 Å². The molecule has 0 fully saturated rings. The lowest BCUT2D eigenvalue weighted by atomic mass is 10.3. The fraction of sp³-hybridized carbons (Fsp3) is 0.417. The van der Waals surface area contributed by atoms with Gasteiger partial charge in [0.25, 0.3) is 0 Å². The molecular formula is C12H16FNO3S. The summed E-state index contributed by atoms with van der Waals surface area (Å²) in [5, 5.41) is 11.6. The lowest BCUT2D eigenvalue weighted by molar-refractivity contribution is -0.120. The van der Waals surface area contributed by atoms with Gasteiger partial charge in [-0.25, -0.2) is 4.39 Å². The van der Waals surface area contributed by atoms with E-state index in [0.29, 0.717) is 0 Å². The summed E-state index contributed by atoms with van der Waals surface area (Å²) in [5.41, 5.74) is 0. The molecule has 0 aromatic heterocycles. The smallest absolute Gasteiger partial charge is 0.230 e.